The third kappa shape index (κ3) is 2.28. The zero-order chi connectivity index (χ0) is 12.0. The van der Waals surface area contributed by atoms with Crippen LogP contribution >= 0.6 is 0 Å². The maximum Gasteiger partial charge on any atom is 0.154 e. The molecule has 96 valence electrons. The zero-order valence-electron chi connectivity index (χ0n) is 9.75. The minimum absolute atomic E-state index is 0.0821. The Labute approximate surface area is 102 Å². The quantitative estimate of drug-likeness (QED) is 0.696. The third-order valence-corrected chi connectivity index (χ3v) is 6.10. The summed E-state index contributed by atoms with van der Waals surface area (Å²) < 4.78 is 22.7. The van der Waals surface area contributed by atoms with E-state index in [9.17, 15) is 13.5 Å². The van der Waals surface area contributed by atoms with Gasteiger partial charge < -0.3 is 10.4 Å². The lowest BCUT2D eigenvalue weighted by atomic mass is 9.93. The van der Waals surface area contributed by atoms with Crippen molar-refractivity contribution in [3.8, 4) is 0 Å². The van der Waals surface area contributed by atoms with E-state index in [1.54, 1.807) is 0 Å². The highest BCUT2D eigenvalue weighted by Gasteiger charge is 2.39. The molecule has 2 bridgehead atoms. The summed E-state index contributed by atoms with van der Waals surface area (Å²) in [5.74, 6) is 2.04. The van der Waals surface area contributed by atoms with Gasteiger partial charge in [0.2, 0.25) is 0 Å². The molecular formula is C12H19NO3S. The van der Waals surface area contributed by atoms with E-state index >= 15 is 0 Å². The fraction of sp³-hybridized carbons (Fsp3) is 0.833. The predicted molar refractivity (Wildman–Crippen MR) is 65.3 cm³/mol. The molecule has 2 aliphatic carbocycles. The van der Waals surface area contributed by atoms with Crippen molar-refractivity contribution in [2.75, 3.05) is 18.1 Å². The van der Waals surface area contributed by atoms with Crippen LogP contribution < -0.4 is 5.32 Å². The molecule has 5 heteroatoms. The van der Waals surface area contributed by atoms with Crippen molar-refractivity contribution in [3.63, 3.8) is 0 Å². The minimum atomic E-state index is -3.03. The normalized spacial score (nSPS) is 46.8. The van der Waals surface area contributed by atoms with Gasteiger partial charge in [-0.25, -0.2) is 8.42 Å². The average Bonchev–Trinajstić information content (AvgIpc) is 2.89. The van der Waals surface area contributed by atoms with Gasteiger partial charge in [0.25, 0.3) is 0 Å². The Kier molecular flexibility index (Phi) is 2.80. The number of nitrogens with one attached hydrogen (secondary N) is 1. The summed E-state index contributed by atoms with van der Waals surface area (Å²) >= 11 is 0. The summed E-state index contributed by atoms with van der Waals surface area (Å²) in [5, 5.41) is 12.9. The number of hydrogen-bond acceptors (Lipinski definition) is 4. The number of aliphatic hydroxyl groups is 1. The van der Waals surface area contributed by atoms with Crippen molar-refractivity contribution in [2.24, 2.45) is 17.8 Å². The molecule has 0 radical (unpaired) electrons. The zero-order valence-corrected chi connectivity index (χ0v) is 10.6. The van der Waals surface area contributed by atoms with Crippen LogP contribution in [0, 0.1) is 17.8 Å². The van der Waals surface area contributed by atoms with Gasteiger partial charge in [-0.05, 0) is 37.1 Å². The van der Waals surface area contributed by atoms with Crippen LogP contribution in [-0.2, 0) is 9.84 Å². The van der Waals surface area contributed by atoms with Gasteiger partial charge in [0.15, 0.2) is 9.84 Å². The number of aliphatic hydroxyl groups excluding tert-OH is 1. The van der Waals surface area contributed by atoms with Crippen molar-refractivity contribution in [1.82, 2.24) is 5.32 Å². The fourth-order valence-electron chi connectivity index (χ4n) is 3.46. The van der Waals surface area contributed by atoms with Crippen LogP contribution in [0.2, 0.25) is 0 Å². The van der Waals surface area contributed by atoms with E-state index < -0.39 is 15.9 Å². The molecule has 1 heterocycles. The molecule has 4 nitrogen and oxygen atoms in total. The molecule has 1 aliphatic heterocycles. The molecule has 0 aromatic rings. The van der Waals surface area contributed by atoms with Gasteiger partial charge in [-0.3, -0.25) is 0 Å². The first kappa shape index (κ1) is 11.7. The van der Waals surface area contributed by atoms with Gasteiger partial charge in [0.1, 0.15) is 0 Å². The van der Waals surface area contributed by atoms with Crippen LogP contribution in [0.4, 0.5) is 0 Å². The second-order valence-electron chi connectivity index (χ2n) is 5.70. The third-order valence-electron chi connectivity index (χ3n) is 4.38. The summed E-state index contributed by atoms with van der Waals surface area (Å²) in [6, 6.07) is -0.261. The molecule has 2 fully saturated rings. The van der Waals surface area contributed by atoms with Gasteiger partial charge in [-0.15, -0.1) is 0 Å². The minimum Gasteiger partial charge on any atom is -0.390 e. The maximum absolute atomic E-state index is 11.4. The lowest BCUT2D eigenvalue weighted by Crippen LogP contribution is -2.41. The summed E-state index contributed by atoms with van der Waals surface area (Å²) in [7, 11) is -3.03. The Morgan fingerprint density at radius 1 is 1.24 bits per heavy atom. The van der Waals surface area contributed by atoms with Crippen molar-refractivity contribution >= 4 is 9.84 Å². The number of allylic oxidation sites excluding steroid dienone is 2. The maximum atomic E-state index is 11.4. The average molecular weight is 257 g/mol. The monoisotopic (exact) mass is 257 g/mol. The molecule has 0 spiro atoms. The van der Waals surface area contributed by atoms with Gasteiger partial charge in [0.05, 0.1) is 17.6 Å². The smallest absolute Gasteiger partial charge is 0.154 e. The van der Waals surface area contributed by atoms with E-state index in [1.165, 1.54) is 12.8 Å². The van der Waals surface area contributed by atoms with E-state index in [4.69, 9.17) is 0 Å². The Morgan fingerprint density at radius 2 is 2.06 bits per heavy atom. The fourth-order valence-corrected chi connectivity index (χ4v) is 5.23. The molecule has 1 saturated carbocycles. The van der Waals surface area contributed by atoms with Gasteiger partial charge in [-0.2, -0.15) is 0 Å². The molecule has 3 rings (SSSR count). The van der Waals surface area contributed by atoms with Gasteiger partial charge >= 0.3 is 0 Å². The summed E-state index contributed by atoms with van der Waals surface area (Å²) in [6.07, 6.45) is 6.34. The Morgan fingerprint density at radius 3 is 2.59 bits per heavy atom. The molecule has 3 aliphatic rings. The first-order valence-corrected chi connectivity index (χ1v) is 8.16. The SMILES string of the molecule is O=S1(=O)C[C@@H](O)[C@@H](NC[C@@H]2C[C@H]3C=C[C@@H]2C3)C1. The van der Waals surface area contributed by atoms with E-state index in [0.29, 0.717) is 11.8 Å². The molecule has 5 atom stereocenters. The Hall–Kier alpha value is -0.390. The molecule has 0 unspecified atom stereocenters. The number of sulfone groups is 1. The Balaban J connectivity index is 1.54. The van der Waals surface area contributed by atoms with E-state index in [2.05, 4.69) is 17.5 Å². The van der Waals surface area contributed by atoms with E-state index in [-0.39, 0.29) is 17.5 Å². The molecule has 1 saturated heterocycles. The summed E-state index contributed by atoms with van der Waals surface area (Å²) in [4.78, 5) is 0. The number of rotatable bonds is 3. The van der Waals surface area contributed by atoms with Crippen LogP contribution in [0.3, 0.4) is 0 Å². The molecule has 17 heavy (non-hydrogen) atoms. The lowest BCUT2D eigenvalue weighted by molar-refractivity contribution is 0.162. The lowest BCUT2D eigenvalue weighted by Gasteiger charge is -2.22. The molecular weight excluding hydrogens is 238 g/mol. The van der Waals surface area contributed by atoms with Crippen molar-refractivity contribution in [3.05, 3.63) is 12.2 Å². The first-order valence-electron chi connectivity index (χ1n) is 6.34. The highest BCUT2D eigenvalue weighted by Crippen LogP contribution is 2.43. The first-order chi connectivity index (χ1) is 8.03. The van der Waals surface area contributed by atoms with Crippen molar-refractivity contribution in [1.29, 1.82) is 0 Å². The molecule has 0 aromatic heterocycles. The molecule has 0 amide bonds. The van der Waals surface area contributed by atoms with Crippen LogP contribution in [0.25, 0.3) is 0 Å². The number of hydrogen-bond donors (Lipinski definition) is 2. The highest BCUT2D eigenvalue weighted by molar-refractivity contribution is 7.91. The summed E-state index contributed by atoms with van der Waals surface area (Å²) in [6.45, 7) is 0.836. The van der Waals surface area contributed by atoms with Crippen LogP contribution in [0.1, 0.15) is 12.8 Å². The number of fused-ring (bicyclic) bond motifs is 2. The Bertz CT molecular complexity index is 431. The van der Waals surface area contributed by atoms with E-state index in [0.717, 1.165) is 12.5 Å². The highest BCUT2D eigenvalue weighted by atomic mass is 32.2. The molecule has 0 aromatic carbocycles. The largest absolute Gasteiger partial charge is 0.390 e. The molecule has 2 N–H and O–H groups in total. The van der Waals surface area contributed by atoms with Crippen LogP contribution in [-0.4, -0.2) is 43.7 Å². The van der Waals surface area contributed by atoms with Crippen molar-refractivity contribution < 1.29 is 13.5 Å². The van der Waals surface area contributed by atoms with Crippen LogP contribution in [0.5, 0.6) is 0 Å². The second kappa shape index (κ2) is 4.07. The predicted octanol–water partition coefficient (Wildman–Crippen LogP) is -0.0539. The topological polar surface area (TPSA) is 66.4 Å². The standard InChI is InChI=1S/C12H19NO3S/c14-12-7-17(15,16)6-11(12)13-5-10-4-8-1-2-9(10)3-8/h1-2,8-14H,3-7H2/t8-,9+,10-,11-,12+/m0/s1. The van der Waals surface area contributed by atoms with Crippen molar-refractivity contribution in [2.45, 2.75) is 25.0 Å². The van der Waals surface area contributed by atoms with E-state index in [1.807, 2.05) is 0 Å². The van der Waals surface area contributed by atoms with Gasteiger partial charge in [-0.1, -0.05) is 12.2 Å². The van der Waals surface area contributed by atoms with Crippen LogP contribution in [0.15, 0.2) is 12.2 Å². The second-order valence-corrected chi connectivity index (χ2v) is 7.85. The summed E-state index contributed by atoms with van der Waals surface area (Å²) in [5.41, 5.74) is 0. The van der Waals surface area contributed by atoms with Gasteiger partial charge in [0, 0.05) is 6.04 Å².